The highest BCUT2D eigenvalue weighted by Crippen LogP contribution is 2.42. The maximum atomic E-state index is 6.22. The number of hydrogen-bond donors (Lipinski definition) is 0. The van der Waals surface area contributed by atoms with Crippen molar-refractivity contribution in [3.8, 4) is 67.5 Å². The van der Waals surface area contributed by atoms with Gasteiger partial charge in [0.05, 0.1) is 0 Å². The lowest BCUT2D eigenvalue weighted by Gasteiger charge is -2.09. The van der Waals surface area contributed by atoms with Crippen LogP contribution in [0.15, 0.2) is 192 Å². The highest BCUT2D eigenvalue weighted by atomic mass is 32.1. The Morgan fingerprint density at radius 1 is 0.321 bits per heavy atom. The third-order valence-corrected chi connectivity index (χ3v) is 11.8. The number of thiophene rings is 1. The van der Waals surface area contributed by atoms with Gasteiger partial charge in [-0.2, -0.15) is 0 Å². The van der Waals surface area contributed by atoms with Gasteiger partial charge in [-0.25, -0.2) is 15.0 Å². The minimum Gasteiger partial charge on any atom is -0.456 e. The highest BCUT2D eigenvalue weighted by Gasteiger charge is 2.16. The molecule has 0 N–H and O–H groups in total. The minimum atomic E-state index is 0.599. The first kappa shape index (κ1) is 32.2. The summed E-state index contributed by atoms with van der Waals surface area (Å²) in [5.74, 6) is 1.84. The Balaban J connectivity index is 0.951. The molecule has 3 heterocycles. The second kappa shape index (κ2) is 13.3. The molecule has 3 aromatic heterocycles. The van der Waals surface area contributed by atoms with E-state index in [1.165, 1.54) is 48.0 Å². The van der Waals surface area contributed by atoms with Crippen LogP contribution >= 0.6 is 11.3 Å². The largest absolute Gasteiger partial charge is 0.456 e. The monoisotopic (exact) mass is 733 g/mol. The van der Waals surface area contributed by atoms with Gasteiger partial charge in [-0.05, 0) is 63.7 Å². The normalized spacial score (nSPS) is 11.6. The summed E-state index contributed by atoms with van der Waals surface area (Å²) < 4.78 is 8.78. The van der Waals surface area contributed by atoms with E-state index in [4.69, 9.17) is 19.4 Å². The fourth-order valence-electron chi connectivity index (χ4n) is 7.71. The number of furan rings is 1. The summed E-state index contributed by atoms with van der Waals surface area (Å²) >= 11 is 1.85. The van der Waals surface area contributed by atoms with E-state index < -0.39 is 0 Å². The molecule has 0 aliphatic carbocycles. The van der Waals surface area contributed by atoms with Gasteiger partial charge in [-0.15, -0.1) is 11.3 Å². The van der Waals surface area contributed by atoms with Crippen molar-refractivity contribution in [2.45, 2.75) is 0 Å². The van der Waals surface area contributed by atoms with Crippen LogP contribution in [-0.2, 0) is 0 Å². The second-order valence-electron chi connectivity index (χ2n) is 14.0. The first-order valence-corrected chi connectivity index (χ1v) is 19.5. The Bertz CT molecular complexity index is 3220. The average molecular weight is 734 g/mol. The molecule has 56 heavy (non-hydrogen) atoms. The maximum absolute atomic E-state index is 6.22. The SMILES string of the molecule is c1ccc(-c2ccc(-c3ccc4sc5c(-c6ccc(-c7nc(-c8ccccc8)nc(-c8ccc9c(c8)oc8ccccc89)n7)cc6)cccc5c4c3)cc2)cc1. The first-order valence-electron chi connectivity index (χ1n) is 18.7. The Morgan fingerprint density at radius 2 is 0.839 bits per heavy atom. The predicted octanol–water partition coefficient (Wildman–Crippen LogP) is 14.1. The summed E-state index contributed by atoms with van der Waals surface area (Å²) in [5, 5.41) is 4.71. The van der Waals surface area contributed by atoms with Crippen molar-refractivity contribution in [3.05, 3.63) is 188 Å². The zero-order valence-electron chi connectivity index (χ0n) is 30.1. The number of rotatable bonds is 6. The molecule has 0 spiro atoms. The molecule has 0 saturated heterocycles. The topological polar surface area (TPSA) is 51.8 Å². The van der Waals surface area contributed by atoms with Crippen LogP contribution < -0.4 is 0 Å². The number of benzene rings is 8. The highest BCUT2D eigenvalue weighted by molar-refractivity contribution is 7.26. The summed E-state index contributed by atoms with van der Waals surface area (Å²) in [4.78, 5) is 15.0. The lowest BCUT2D eigenvalue weighted by Crippen LogP contribution is -2.00. The molecule has 5 heteroatoms. The third kappa shape index (κ3) is 5.65. The smallest absolute Gasteiger partial charge is 0.164 e. The van der Waals surface area contributed by atoms with E-state index in [1.54, 1.807) is 0 Å². The molecule has 0 atom stereocenters. The van der Waals surface area contributed by atoms with Crippen molar-refractivity contribution in [2.75, 3.05) is 0 Å². The summed E-state index contributed by atoms with van der Waals surface area (Å²) in [6, 6.07) is 65.9. The van der Waals surface area contributed by atoms with Gasteiger partial charge >= 0.3 is 0 Å². The maximum Gasteiger partial charge on any atom is 0.164 e. The summed E-state index contributed by atoms with van der Waals surface area (Å²) in [6.07, 6.45) is 0. The van der Waals surface area contributed by atoms with Crippen LogP contribution in [0.5, 0.6) is 0 Å². The fraction of sp³-hybridized carbons (Fsp3) is 0. The molecule has 0 unspecified atom stereocenters. The average Bonchev–Trinajstić information content (AvgIpc) is 3.85. The quantitative estimate of drug-likeness (QED) is 0.171. The zero-order valence-corrected chi connectivity index (χ0v) is 30.9. The van der Waals surface area contributed by atoms with Crippen LogP contribution in [0, 0.1) is 0 Å². The molecule has 11 aromatic rings. The Morgan fingerprint density at radius 3 is 1.59 bits per heavy atom. The van der Waals surface area contributed by atoms with E-state index >= 15 is 0 Å². The molecular weight excluding hydrogens is 703 g/mol. The van der Waals surface area contributed by atoms with Crippen molar-refractivity contribution in [1.29, 1.82) is 0 Å². The molecule has 8 aromatic carbocycles. The Kier molecular flexibility index (Phi) is 7.64. The summed E-state index contributed by atoms with van der Waals surface area (Å²) in [6.45, 7) is 0. The number of aromatic nitrogens is 3. The minimum absolute atomic E-state index is 0.599. The zero-order chi connectivity index (χ0) is 37.0. The van der Waals surface area contributed by atoms with Gasteiger partial charge in [0, 0.05) is 47.6 Å². The van der Waals surface area contributed by atoms with Crippen LogP contribution in [-0.4, -0.2) is 15.0 Å². The molecule has 0 radical (unpaired) electrons. The van der Waals surface area contributed by atoms with Crippen LogP contribution in [0.25, 0.3) is 110 Å². The molecule has 262 valence electrons. The predicted molar refractivity (Wildman–Crippen MR) is 233 cm³/mol. The number of fused-ring (bicyclic) bond motifs is 6. The fourth-order valence-corrected chi connectivity index (χ4v) is 8.92. The molecule has 4 nitrogen and oxygen atoms in total. The molecule has 0 aliphatic rings. The van der Waals surface area contributed by atoms with Gasteiger partial charge in [-0.1, -0.05) is 158 Å². The van der Waals surface area contributed by atoms with Crippen molar-refractivity contribution < 1.29 is 4.42 Å². The first-order chi connectivity index (χ1) is 27.7. The molecule has 0 saturated carbocycles. The van der Waals surface area contributed by atoms with E-state index in [-0.39, 0.29) is 0 Å². The van der Waals surface area contributed by atoms with Crippen LogP contribution in [0.3, 0.4) is 0 Å². The lowest BCUT2D eigenvalue weighted by molar-refractivity contribution is 0.669. The molecule has 0 fully saturated rings. The van der Waals surface area contributed by atoms with Gasteiger partial charge in [0.15, 0.2) is 17.5 Å². The molecule has 0 aliphatic heterocycles. The number of nitrogens with zero attached hydrogens (tertiary/aromatic N) is 3. The van der Waals surface area contributed by atoms with E-state index in [0.717, 1.165) is 44.2 Å². The van der Waals surface area contributed by atoms with Gasteiger partial charge in [0.2, 0.25) is 0 Å². The molecular formula is C51H31N3OS. The lowest BCUT2D eigenvalue weighted by atomic mass is 9.98. The van der Waals surface area contributed by atoms with Gasteiger partial charge in [0.1, 0.15) is 11.2 Å². The standard InChI is InChI=1S/C51H31N3OS/c1-3-10-32(11-4-1)33-18-20-34(21-19-33)38-27-29-47-44(30-38)43-16-9-15-40(48(43)56-47)35-22-24-37(25-23-35)50-52-49(36-12-5-2-6-13-36)53-51(54-50)39-26-28-42-41-14-7-8-17-45(41)55-46(42)31-39/h1-31H. The van der Waals surface area contributed by atoms with Crippen molar-refractivity contribution in [2.24, 2.45) is 0 Å². The Hall–Kier alpha value is -7.21. The van der Waals surface area contributed by atoms with E-state index in [2.05, 4.69) is 133 Å². The van der Waals surface area contributed by atoms with Crippen molar-refractivity contribution in [3.63, 3.8) is 0 Å². The third-order valence-electron chi connectivity index (χ3n) is 10.6. The molecule has 0 bridgehead atoms. The van der Waals surface area contributed by atoms with Gasteiger partial charge in [-0.3, -0.25) is 0 Å². The van der Waals surface area contributed by atoms with E-state index in [0.29, 0.717) is 17.5 Å². The Labute approximate surface area is 327 Å². The second-order valence-corrected chi connectivity index (χ2v) is 15.0. The molecule has 0 amide bonds. The van der Waals surface area contributed by atoms with Crippen molar-refractivity contribution >= 4 is 53.4 Å². The van der Waals surface area contributed by atoms with E-state index in [1.807, 2.05) is 65.9 Å². The summed E-state index contributed by atoms with van der Waals surface area (Å²) in [7, 11) is 0. The van der Waals surface area contributed by atoms with Crippen LogP contribution in [0.1, 0.15) is 0 Å². The van der Waals surface area contributed by atoms with Crippen molar-refractivity contribution in [1.82, 2.24) is 15.0 Å². The molecule has 11 rings (SSSR count). The van der Waals surface area contributed by atoms with Gasteiger partial charge in [0.25, 0.3) is 0 Å². The van der Waals surface area contributed by atoms with E-state index in [9.17, 15) is 0 Å². The summed E-state index contributed by atoms with van der Waals surface area (Å²) in [5.41, 5.74) is 11.6. The van der Waals surface area contributed by atoms with Crippen LogP contribution in [0.4, 0.5) is 0 Å². The number of hydrogen-bond acceptors (Lipinski definition) is 5. The number of para-hydroxylation sites is 1. The van der Waals surface area contributed by atoms with Gasteiger partial charge < -0.3 is 4.42 Å². The van der Waals surface area contributed by atoms with Crippen LogP contribution in [0.2, 0.25) is 0 Å².